The van der Waals surface area contributed by atoms with Gasteiger partial charge in [-0.1, -0.05) is 0 Å². The van der Waals surface area contributed by atoms with Crippen LogP contribution < -0.4 is 0 Å². The molecule has 1 unspecified atom stereocenters. The summed E-state index contributed by atoms with van der Waals surface area (Å²) in [6, 6.07) is -1.13. The van der Waals surface area contributed by atoms with Gasteiger partial charge in [0.2, 0.25) is 0 Å². The van der Waals surface area contributed by atoms with Crippen LogP contribution in [0.25, 0.3) is 0 Å². The molecule has 0 saturated heterocycles. The topological polar surface area (TPSA) is 107 Å². The zero-order valence-corrected chi connectivity index (χ0v) is 6.67. The largest absolute Gasteiger partial charge is 0.480 e. The molecule has 0 spiro atoms. The van der Waals surface area contributed by atoms with Gasteiger partial charge in [0.15, 0.2) is 0 Å². The Bertz CT molecular complexity index is 272. The Hall–Kier alpha value is -1.43. The summed E-state index contributed by atoms with van der Waals surface area (Å²) in [6.45, 7) is 0. The van der Waals surface area contributed by atoms with Gasteiger partial charge < -0.3 is 15.3 Å². The van der Waals surface area contributed by atoms with Crippen molar-refractivity contribution < 1.29 is 24.9 Å². The van der Waals surface area contributed by atoms with Crippen LogP contribution in [0.4, 0.5) is 0 Å². The molecule has 0 aliphatic carbocycles. The molecule has 6 heteroatoms. The lowest BCUT2D eigenvalue weighted by Gasteiger charge is -2.19. The summed E-state index contributed by atoms with van der Waals surface area (Å²) < 4.78 is 0. The van der Waals surface area contributed by atoms with E-state index in [0.29, 0.717) is 0 Å². The van der Waals surface area contributed by atoms with Crippen LogP contribution in [0.2, 0.25) is 0 Å². The number of aliphatic hydroxyl groups is 1. The first-order chi connectivity index (χ1) is 6.00. The Morgan fingerprint density at radius 2 is 2.00 bits per heavy atom. The molecule has 0 bridgehead atoms. The van der Waals surface area contributed by atoms with Gasteiger partial charge in [0.1, 0.15) is 11.8 Å². The lowest BCUT2D eigenvalue weighted by molar-refractivity contribution is -0.139. The fourth-order valence-electron chi connectivity index (χ4n) is 1.16. The van der Waals surface area contributed by atoms with Gasteiger partial charge in [-0.2, -0.15) is 0 Å². The molecule has 2 atom stereocenters. The maximum Gasteiger partial charge on any atom is 0.349 e. The number of carboxylic acid groups (broad SMARTS) is 2. The SMILES string of the molecule is O=C(O)C1=N[C@H](C(=O)O)CC(O)C1. The first-order valence-corrected chi connectivity index (χ1v) is 3.71. The van der Waals surface area contributed by atoms with E-state index in [9.17, 15) is 9.59 Å². The quantitative estimate of drug-likeness (QED) is 0.520. The molecule has 0 fully saturated rings. The molecule has 13 heavy (non-hydrogen) atoms. The van der Waals surface area contributed by atoms with E-state index < -0.39 is 24.1 Å². The number of hydrogen-bond acceptors (Lipinski definition) is 4. The van der Waals surface area contributed by atoms with Crippen LogP contribution in [-0.2, 0) is 9.59 Å². The van der Waals surface area contributed by atoms with Crippen molar-refractivity contribution in [1.82, 2.24) is 0 Å². The van der Waals surface area contributed by atoms with Gasteiger partial charge in [0.25, 0.3) is 0 Å². The highest BCUT2D eigenvalue weighted by molar-refractivity contribution is 6.36. The van der Waals surface area contributed by atoms with E-state index in [0.717, 1.165) is 0 Å². The molecule has 0 saturated carbocycles. The highest BCUT2D eigenvalue weighted by atomic mass is 16.4. The molecular formula is C7H9NO5. The number of carbonyl (C=O) groups is 2. The molecule has 1 aliphatic heterocycles. The van der Waals surface area contributed by atoms with E-state index in [4.69, 9.17) is 15.3 Å². The summed E-state index contributed by atoms with van der Waals surface area (Å²) in [5.41, 5.74) is -0.272. The maximum atomic E-state index is 10.5. The molecule has 6 nitrogen and oxygen atoms in total. The fourth-order valence-corrected chi connectivity index (χ4v) is 1.16. The van der Waals surface area contributed by atoms with Crippen molar-refractivity contribution in [2.24, 2.45) is 4.99 Å². The van der Waals surface area contributed by atoms with E-state index in [2.05, 4.69) is 4.99 Å². The summed E-state index contributed by atoms with van der Waals surface area (Å²) in [6.07, 6.45) is -1.03. The number of nitrogens with zero attached hydrogens (tertiary/aromatic N) is 1. The van der Waals surface area contributed by atoms with Crippen LogP contribution in [0.1, 0.15) is 12.8 Å². The van der Waals surface area contributed by atoms with Gasteiger partial charge in [0, 0.05) is 12.8 Å². The third kappa shape index (κ3) is 2.25. The van der Waals surface area contributed by atoms with E-state index in [-0.39, 0.29) is 18.6 Å². The zero-order chi connectivity index (χ0) is 10.0. The van der Waals surface area contributed by atoms with Crippen molar-refractivity contribution >= 4 is 17.7 Å². The molecule has 3 N–H and O–H groups in total. The number of hydrogen-bond donors (Lipinski definition) is 3. The summed E-state index contributed by atoms with van der Waals surface area (Å²) >= 11 is 0. The summed E-state index contributed by atoms with van der Waals surface area (Å²) in [5.74, 6) is -2.48. The Kier molecular flexibility index (Phi) is 2.62. The Morgan fingerprint density at radius 1 is 1.38 bits per heavy atom. The first kappa shape index (κ1) is 9.66. The predicted molar refractivity (Wildman–Crippen MR) is 41.7 cm³/mol. The van der Waals surface area contributed by atoms with E-state index in [1.54, 1.807) is 0 Å². The monoisotopic (exact) mass is 187 g/mol. The Balaban J connectivity index is 2.85. The number of aliphatic imine (C=N–C) groups is 1. The molecule has 0 radical (unpaired) electrons. The zero-order valence-electron chi connectivity index (χ0n) is 6.67. The van der Waals surface area contributed by atoms with Crippen molar-refractivity contribution in [2.75, 3.05) is 0 Å². The van der Waals surface area contributed by atoms with E-state index >= 15 is 0 Å². The minimum absolute atomic E-state index is 0.0217. The molecule has 1 rings (SSSR count). The summed E-state index contributed by atoms with van der Waals surface area (Å²) in [7, 11) is 0. The molecule has 0 aromatic carbocycles. The van der Waals surface area contributed by atoms with Crippen LogP contribution in [0.15, 0.2) is 4.99 Å². The second kappa shape index (κ2) is 3.53. The predicted octanol–water partition coefficient (Wildman–Crippen LogP) is -0.880. The van der Waals surface area contributed by atoms with Crippen molar-refractivity contribution in [2.45, 2.75) is 25.0 Å². The average molecular weight is 187 g/mol. The Labute approximate surface area is 73.5 Å². The average Bonchev–Trinajstić information content (AvgIpc) is 2.03. The second-order valence-electron chi connectivity index (χ2n) is 2.83. The summed E-state index contributed by atoms with van der Waals surface area (Å²) in [5, 5.41) is 26.2. The van der Waals surface area contributed by atoms with Gasteiger partial charge in [-0.15, -0.1) is 0 Å². The van der Waals surface area contributed by atoms with Crippen LogP contribution in [0.3, 0.4) is 0 Å². The normalized spacial score (nSPS) is 27.9. The van der Waals surface area contributed by atoms with Crippen LogP contribution in [0.5, 0.6) is 0 Å². The van der Waals surface area contributed by atoms with Crippen LogP contribution in [0, 0.1) is 0 Å². The number of aliphatic carboxylic acids is 2. The fraction of sp³-hybridized carbons (Fsp3) is 0.571. The highest BCUT2D eigenvalue weighted by Gasteiger charge is 2.29. The standard InChI is InChI=1S/C7H9NO5/c9-3-1-4(6(10)11)8-5(2-3)7(12)13/h3-4,9H,1-2H2,(H,10,11)(H,12,13)/t3?,4-/m0/s1. The number of carboxylic acids is 2. The first-order valence-electron chi connectivity index (χ1n) is 3.71. The van der Waals surface area contributed by atoms with Crippen molar-refractivity contribution in [3.8, 4) is 0 Å². The lowest BCUT2D eigenvalue weighted by atomic mass is 10.00. The van der Waals surface area contributed by atoms with Gasteiger partial charge in [0.05, 0.1) is 6.10 Å². The van der Waals surface area contributed by atoms with Crippen molar-refractivity contribution in [3.05, 3.63) is 0 Å². The van der Waals surface area contributed by atoms with Gasteiger partial charge in [-0.05, 0) is 0 Å². The van der Waals surface area contributed by atoms with Crippen LogP contribution in [-0.4, -0.2) is 45.1 Å². The van der Waals surface area contributed by atoms with Gasteiger partial charge in [-0.3, -0.25) is 4.99 Å². The van der Waals surface area contributed by atoms with Crippen molar-refractivity contribution in [3.63, 3.8) is 0 Å². The van der Waals surface area contributed by atoms with Crippen LogP contribution >= 0.6 is 0 Å². The van der Waals surface area contributed by atoms with E-state index in [1.165, 1.54) is 0 Å². The van der Waals surface area contributed by atoms with E-state index in [1.807, 2.05) is 0 Å². The third-order valence-electron chi connectivity index (χ3n) is 1.77. The maximum absolute atomic E-state index is 10.5. The van der Waals surface area contributed by atoms with Gasteiger partial charge >= 0.3 is 11.9 Å². The van der Waals surface area contributed by atoms with Crippen molar-refractivity contribution in [1.29, 1.82) is 0 Å². The van der Waals surface area contributed by atoms with Gasteiger partial charge in [-0.25, -0.2) is 9.59 Å². The Morgan fingerprint density at radius 3 is 2.46 bits per heavy atom. The molecule has 1 aliphatic rings. The highest BCUT2D eigenvalue weighted by Crippen LogP contribution is 2.14. The third-order valence-corrected chi connectivity index (χ3v) is 1.77. The molecule has 0 aromatic heterocycles. The smallest absolute Gasteiger partial charge is 0.349 e. The minimum atomic E-state index is -1.27. The number of aliphatic hydroxyl groups excluding tert-OH is 1. The minimum Gasteiger partial charge on any atom is -0.480 e. The second-order valence-corrected chi connectivity index (χ2v) is 2.83. The lowest BCUT2D eigenvalue weighted by Crippen LogP contribution is -2.34. The molecule has 0 aromatic rings. The molecular weight excluding hydrogens is 178 g/mol. The molecule has 72 valence electrons. The molecule has 0 amide bonds. The number of rotatable bonds is 2. The summed E-state index contributed by atoms with van der Waals surface area (Å²) in [4.78, 5) is 24.4. The molecule has 1 heterocycles.